The zero-order chi connectivity index (χ0) is 12.3. The molecule has 0 saturated carbocycles. The van der Waals surface area contributed by atoms with Gasteiger partial charge in [0.1, 0.15) is 6.04 Å². The van der Waals surface area contributed by atoms with Crippen LogP contribution in [0.5, 0.6) is 0 Å². The number of primary amides is 1. The Morgan fingerprint density at radius 1 is 1.50 bits per heavy atom. The number of hydrogen-bond acceptors (Lipinski definition) is 2. The molecular weight excluding hydrogens is 295 g/mol. The second-order valence-electron chi connectivity index (χ2n) is 3.19. The Kier molecular flexibility index (Phi) is 4.32. The first-order valence-corrected chi connectivity index (χ1v) is 5.64. The quantitative estimate of drug-likeness (QED) is 0.892. The van der Waals surface area contributed by atoms with E-state index in [0.29, 0.717) is 9.50 Å². The maximum atomic E-state index is 11.8. The molecule has 4 nitrogen and oxygen atoms in total. The highest BCUT2D eigenvalue weighted by atomic mass is 79.9. The molecule has 1 unspecified atom stereocenters. The fraction of sp³-hybridized carbons (Fsp3) is 0.200. The van der Waals surface area contributed by atoms with Gasteiger partial charge in [0.05, 0.1) is 10.6 Å². The molecule has 0 saturated heterocycles. The molecule has 1 atom stereocenters. The summed E-state index contributed by atoms with van der Waals surface area (Å²) >= 11 is 9.09. The largest absolute Gasteiger partial charge is 0.368 e. The van der Waals surface area contributed by atoms with Crippen molar-refractivity contribution in [2.24, 2.45) is 5.73 Å². The van der Waals surface area contributed by atoms with E-state index < -0.39 is 17.9 Å². The van der Waals surface area contributed by atoms with E-state index in [4.69, 9.17) is 17.3 Å². The molecule has 0 bridgehead atoms. The first-order chi connectivity index (χ1) is 7.43. The van der Waals surface area contributed by atoms with Gasteiger partial charge in [0.2, 0.25) is 5.91 Å². The normalized spacial score (nSPS) is 11.9. The molecule has 86 valence electrons. The van der Waals surface area contributed by atoms with Crippen molar-refractivity contribution in [1.82, 2.24) is 5.32 Å². The van der Waals surface area contributed by atoms with Crippen LogP contribution in [0.1, 0.15) is 17.3 Å². The predicted octanol–water partition coefficient (Wildman–Crippen LogP) is 1.71. The number of amides is 2. The van der Waals surface area contributed by atoms with Crippen LogP contribution in [0.4, 0.5) is 0 Å². The van der Waals surface area contributed by atoms with Crippen molar-refractivity contribution in [1.29, 1.82) is 0 Å². The minimum atomic E-state index is -0.740. The molecule has 0 heterocycles. The first-order valence-electron chi connectivity index (χ1n) is 4.47. The van der Waals surface area contributed by atoms with Crippen molar-refractivity contribution in [2.75, 3.05) is 0 Å². The van der Waals surface area contributed by atoms with Crippen molar-refractivity contribution >= 4 is 39.3 Å². The lowest BCUT2D eigenvalue weighted by Gasteiger charge is -2.12. The van der Waals surface area contributed by atoms with Crippen LogP contribution in [0.15, 0.2) is 22.7 Å². The number of carbonyl (C=O) groups excluding carboxylic acids is 2. The number of halogens is 2. The standard InChI is InChI=1S/C10H10BrClN2O2/c1-5(9(13)15)14-10(16)8-6(11)3-2-4-7(8)12/h2-5H,1H3,(H2,13,15)(H,14,16). The van der Waals surface area contributed by atoms with Crippen LogP contribution in [0.2, 0.25) is 5.02 Å². The SMILES string of the molecule is CC(NC(=O)c1c(Cl)cccc1Br)C(N)=O. The molecule has 1 aromatic rings. The lowest BCUT2D eigenvalue weighted by molar-refractivity contribution is -0.119. The van der Waals surface area contributed by atoms with E-state index in [-0.39, 0.29) is 5.56 Å². The molecule has 0 aliphatic heterocycles. The van der Waals surface area contributed by atoms with E-state index in [9.17, 15) is 9.59 Å². The minimum Gasteiger partial charge on any atom is -0.368 e. The third kappa shape index (κ3) is 2.96. The second kappa shape index (κ2) is 5.32. The van der Waals surface area contributed by atoms with E-state index in [1.807, 2.05) is 0 Å². The number of nitrogens with one attached hydrogen (secondary N) is 1. The molecule has 6 heteroatoms. The first kappa shape index (κ1) is 13.0. The molecule has 0 aliphatic rings. The Hall–Kier alpha value is -1.07. The molecule has 16 heavy (non-hydrogen) atoms. The van der Waals surface area contributed by atoms with Gasteiger partial charge >= 0.3 is 0 Å². The zero-order valence-corrected chi connectivity index (χ0v) is 10.8. The van der Waals surface area contributed by atoms with Gasteiger partial charge in [-0.3, -0.25) is 9.59 Å². The fourth-order valence-corrected chi connectivity index (χ4v) is 1.98. The molecule has 2 amide bonds. The summed E-state index contributed by atoms with van der Waals surface area (Å²) in [6.45, 7) is 1.50. The van der Waals surface area contributed by atoms with E-state index in [1.54, 1.807) is 18.2 Å². The maximum absolute atomic E-state index is 11.8. The molecule has 1 rings (SSSR count). The number of hydrogen-bond donors (Lipinski definition) is 2. The smallest absolute Gasteiger partial charge is 0.254 e. The van der Waals surface area contributed by atoms with Gasteiger partial charge < -0.3 is 11.1 Å². The lowest BCUT2D eigenvalue weighted by Crippen LogP contribution is -2.42. The van der Waals surface area contributed by atoms with E-state index >= 15 is 0 Å². The average molecular weight is 306 g/mol. The Labute approximate surface area is 106 Å². The van der Waals surface area contributed by atoms with Gasteiger partial charge in [-0.25, -0.2) is 0 Å². The highest BCUT2D eigenvalue weighted by Crippen LogP contribution is 2.24. The van der Waals surface area contributed by atoms with Crippen LogP contribution in [0.3, 0.4) is 0 Å². The topological polar surface area (TPSA) is 72.2 Å². The Bertz CT molecular complexity index is 417. The molecule has 3 N–H and O–H groups in total. The third-order valence-electron chi connectivity index (χ3n) is 1.96. The second-order valence-corrected chi connectivity index (χ2v) is 4.46. The molecule has 0 aliphatic carbocycles. The van der Waals surface area contributed by atoms with Crippen LogP contribution in [0, 0.1) is 0 Å². The summed E-state index contributed by atoms with van der Waals surface area (Å²) in [6.07, 6.45) is 0. The molecule has 0 fully saturated rings. The lowest BCUT2D eigenvalue weighted by atomic mass is 10.2. The average Bonchev–Trinajstić information content (AvgIpc) is 2.16. The summed E-state index contributed by atoms with van der Waals surface area (Å²) in [4.78, 5) is 22.6. The van der Waals surface area contributed by atoms with Crippen molar-refractivity contribution in [3.63, 3.8) is 0 Å². The summed E-state index contributed by atoms with van der Waals surface area (Å²) < 4.78 is 0.564. The summed E-state index contributed by atoms with van der Waals surface area (Å²) in [5.41, 5.74) is 5.33. The Morgan fingerprint density at radius 2 is 2.12 bits per heavy atom. The third-order valence-corrected chi connectivity index (χ3v) is 2.94. The zero-order valence-electron chi connectivity index (χ0n) is 8.46. The van der Waals surface area contributed by atoms with Crippen molar-refractivity contribution < 1.29 is 9.59 Å². The summed E-state index contributed by atoms with van der Waals surface area (Å²) in [6, 6.07) is 4.25. The van der Waals surface area contributed by atoms with Gasteiger partial charge in [-0.1, -0.05) is 17.7 Å². The van der Waals surface area contributed by atoms with Crippen LogP contribution in [-0.2, 0) is 4.79 Å². The van der Waals surface area contributed by atoms with Crippen molar-refractivity contribution in [3.8, 4) is 0 Å². The Balaban J connectivity index is 2.93. The van der Waals surface area contributed by atoms with Gasteiger partial charge in [0, 0.05) is 4.47 Å². The highest BCUT2D eigenvalue weighted by molar-refractivity contribution is 9.10. The molecule has 0 radical (unpaired) electrons. The molecule has 0 aromatic heterocycles. The van der Waals surface area contributed by atoms with Gasteiger partial charge in [0.25, 0.3) is 5.91 Å². The predicted molar refractivity (Wildman–Crippen MR) is 65.3 cm³/mol. The highest BCUT2D eigenvalue weighted by Gasteiger charge is 2.18. The maximum Gasteiger partial charge on any atom is 0.254 e. The number of rotatable bonds is 3. The monoisotopic (exact) mass is 304 g/mol. The van der Waals surface area contributed by atoms with Crippen LogP contribution in [0.25, 0.3) is 0 Å². The van der Waals surface area contributed by atoms with Gasteiger partial charge in [-0.15, -0.1) is 0 Å². The van der Waals surface area contributed by atoms with Crippen molar-refractivity contribution in [2.45, 2.75) is 13.0 Å². The van der Waals surface area contributed by atoms with Crippen LogP contribution in [-0.4, -0.2) is 17.9 Å². The fourth-order valence-electron chi connectivity index (χ4n) is 1.05. The summed E-state index contributed by atoms with van der Waals surface area (Å²) in [5, 5.41) is 2.76. The van der Waals surface area contributed by atoms with Gasteiger partial charge in [-0.05, 0) is 35.0 Å². The molecule has 0 spiro atoms. The number of benzene rings is 1. The number of nitrogens with two attached hydrogens (primary N) is 1. The summed E-state index contributed by atoms with van der Waals surface area (Å²) in [5.74, 6) is -1.04. The molecular formula is C10H10BrClN2O2. The summed E-state index contributed by atoms with van der Waals surface area (Å²) in [7, 11) is 0. The molecule has 1 aromatic carbocycles. The van der Waals surface area contributed by atoms with Crippen LogP contribution >= 0.6 is 27.5 Å². The van der Waals surface area contributed by atoms with E-state index in [0.717, 1.165) is 0 Å². The van der Waals surface area contributed by atoms with Gasteiger partial charge in [0.15, 0.2) is 0 Å². The minimum absolute atomic E-state index is 0.289. The Morgan fingerprint density at radius 3 is 2.62 bits per heavy atom. The number of carbonyl (C=O) groups is 2. The van der Waals surface area contributed by atoms with Crippen molar-refractivity contribution in [3.05, 3.63) is 33.3 Å². The van der Waals surface area contributed by atoms with E-state index in [1.165, 1.54) is 6.92 Å². The van der Waals surface area contributed by atoms with Crippen LogP contribution < -0.4 is 11.1 Å². The van der Waals surface area contributed by atoms with E-state index in [2.05, 4.69) is 21.2 Å². The van der Waals surface area contributed by atoms with Gasteiger partial charge in [-0.2, -0.15) is 0 Å².